The van der Waals surface area contributed by atoms with Crippen LogP contribution in [0.4, 0.5) is 69.3 Å². The van der Waals surface area contributed by atoms with Crippen molar-refractivity contribution in [2.45, 2.75) is 0 Å². The van der Waals surface area contributed by atoms with Crippen LogP contribution in [0.15, 0.2) is 171 Å². The summed E-state index contributed by atoms with van der Waals surface area (Å²) in [5.74, 6) is 4.70. The van der Waals surface area contributed by atoms with Gasteiger partial charge in [-0.25, -0.2) is 39.9 Å². The molecule has 4 aromatic carbocycles. The molecule has 0 radical (unpaired) electrons. The number of hydrogen-bond donors (Lipinski definition) is 0. The number of para-hydroxylation sites is 4. The van der Waals surface area contributed by atoms with Crippen molar-refractivity contribution in [2.24, 2.45) is 0 Å². The molecule has 4 aromatic heterocycles. The molecule has 1 aliphatic rings. The molecule has 8 aromatic rings. The first-order valence-electron chi connectivity index (χ1n) is 16.5. The second kappa shape index (κ2) is 13.4. The van der Waals surface area contributed by atoms with Gasteiger partial charge >= 0.3 is 0 Å². The van der Waals surface area contributed by atoms with Gasteiger partial charge in [-0.2, -0.15) is 0 Å². The normalized spacial score (nSPS) is 12.5. The van der Waals surface area contributed by atoms with E-state index in [-0.39, 0.29) is 0 Å². The van der Waals surface area contributed by atoms with Crippen LogP contribution in [0.1, 0.15) is 0 Å². The van der Waals surface area contributed by atoms with Gasteiger partial charge in [-0.3, -0.25) is 19.6 Å². The summed E-state index contributed by atoms with van der Waals surface area (Å²) < 4.78 is 0. The average molecular weight is 677 g/mol. The van der Waals surface area contributed by atoms with Gasteiger partial charge in [0.2, 0.25) is 0 Å². The molecule has 0 amide bonds. The molecule has 0 saturated heterocycles. The molecular formula is C40H28N12. The fraction of sp³-hybridized carbons (Fsp3) is 0. The lowest BCUT2D eigenvalue weighted by Crippen LogP contribution is -2.20. The van der Waals surface area contributed by atoms with Gasteiger partial charge in [0.1, 0.15) is 71.9 Å². The second-order valence-electron chi connectivity index (χ2n) is 11.6. The summed E-state index contributed by atoms with van der Waals surface area (Å²) in [4.78, 5) is 46.2. The molecule has 0 unspecified atom stereocenters. The van der Waals surface area contributed by atoms with Gasteiger partial charge in [-0.1, -0.05) is 72.8 Å². The molecule has 12 nitrogen and oxygen atoms in total. The van der Waals surface area contributed by atoms with E-state index in [1.165, 1.54) is 0 Å². The summed E-state index contributed by atoms with van der Waals surface area (Å²) in [6.07, 6.45) is 6.20. The monoisotopic (exact) mass is 676 g/mol. The van der Waals surface area contributed by atoms with Crippen molar-refractivity contribution < 1.29 is 0 Å². The van der Waals surface area contributed by atoms with Crippen LogP contribution in [0.2, 0.25) is 0 Å². The summed E-state index contributed by atoms with van der Waals surface area (Å²) in [7, 11) is 0. The Morgan fingerprint density at radius 2 is 0.404 bits per heavy atom. The van der Waals surface area contributed by atoms with E-state index in [0.29, 0.717) is 46.5 Å². The van der Waals surface area contributed by atoms with Gasteiger partial charge in [-0.05, 0) is 48.5 Å². The van der Waals surface area contributed by atoms with Crippen molar-refractivity contribution in [3.63, 3.8) is 0 Å². The van der Waals surface area contributed by atoms with E-state index in [4.69, 9.17) is 39.9 Å². The molecule has 52 heavy (non-hydrogen) atoms. The van der Waals surface area contributed by atoms with Gasteiger partial charge < -0.3 is 0 Å². The molecule has 0 fully saturated rings. The van der Waals surface area contributed by atoms with E-state index in [0.717, 1.165) is 22.7 Å². The lowest BCUT2D eigenvalue weighted by Gasteiger charge is -2.29. The lowest BCUT2D eigenvalue weighted by molar-refractivity contribution is 1.01. The van der Waals surface area contributed by atoms with Gasteiger partial charge in [0.15, 0.2) is 0 Å². The van der Waals surface area contributed by atoms with Crippen LogP contribution in [-0.4, -0.2) is 39.9 Å². The van der Waals surface area contributed by atoms with Crippen molar-refractivity contribution in [3.8, 4) is 0 Å². The quantitative estimate of drug-likeness (QED) is 0.177. The Labute approximate surface area is 299 Å². The SMILES string of the molecule is c1ccc(N2c3cc(ncn3)N(c3ccccc3)c3cc(ncn3)N(c3ccccc3)c3cc(ncn3)N(c3ccccc3)c3cc2ncn3)cc1. The molecule has 248 valence electrons. The number of aromatic nitrogens is 8. The zero-order valence-corrected chi connectivity index (χ0v) is 27.5. The highest BCUT2D eigenvalue weighted by Gasteiger charge is 2.26. The topological polar surface area (TPSA) is 116 Å². The molecule has 0 saturated carbocycles. The minimum absolute atomic E-state index is 0.588. The Hall–Kier alpha value is -7.60. The summed E-state index contributed by atoms with van der Waals surface area (Å²) in [5, 5.41) is 0. The van der Waals surface area contributed by atoms with E-state index < -0.39 is 0 Å². The van der Waals surface area contributed by atoms with Gasteiger partial charge in [0, 0.05) is 47.0 Å². The first-order valence-corrected chi connectivity index (χ1v) is 16.5. The summed E-state index contributed by atoms with van der Waals surface area (Å²) in [6.45, 7) is 0. The van der Waals surface area contributed by atoms with Gasteiger partial charge in [-0.15, -0.1) is 0 Å². The highest BCUT2D eigenvalue weighted by Crippen LogP contribution is 2.42. The minimum Gasteiger partial charge on any atom is -0.279 e. The van der Waals surface area contributed by atoms with Gasteiger partial charge in [0.25, 0.3) is 0 Å². The maximum absolute atomic E-state index is 4.78. The molecule has 0 spiro atoms. The van der Waals surface area contributed by atoms with E-state index >= 15 is 0 Å². The fourth-order valence-corrected chi connectivity index (χ4v) is 6.16. The van der Waals surface area contributed by atoms with E-state index in [1.807, 2.05) is 165 Å². The number of fused-ring (bicyclic) bond motifs is 8. The number of anilines is 12. The number of nitrogens with zero attached hydrogens (tertiary/aromatic N) is 12. The Morgan fingerprint density at radius 3 is 0.577 bits per heavy atom. The Bertz CT molecular complexity index is 2030. The zero-order chi connectivity index (χ0) is 34.7. The smallest absolute Gasteiger partial charge is 0.144 e. The van der Waals surface area contributed by atoms with Crippen LogP contribution in [0.5, 0.6) is 0 Å². The molecule has 0 N–H and O–H groups in total. The van der Waals surface area contributed by atoms with E-state index in [9.17, 15) is 0 Å². The predicted molar refractivity (Wildman–Crippen MR) is 201 cm³/mol. The van der Waals surface area contributed by atoms with Crippen LogP contribution in [0, 0.1) is 0 Å². The standard InChI is InChI=1S/C40H28N12/c1-5-13-29(14-6-1)49-33-21-35(43-25-41-33)50(30-15-7-2-8-16-30)37-23-39(47-27-45-37)52(32-19-11-4-12-20-32)40-24-38(46-28-48-40)51(31-17-9-3-10-18-31)36-22-34(49)42-26-44-36/h1-28H. The number of hydrogen-bond acceptors (Lipinski definition) is 12. The van der Waals surface area contributed by atoms with Crippen LogP contribution in [0.25, 0.3) is 0 Å². The first-order chi connectivity index (χ1) is 25.8. The zero-order valence-electron chi connectivity index (χ0n) is 27.5. The lowest BCUT2D eigenvalue weighted by atomic mass is 10.2. The highest BCUT2D eigenvalue weighted by molar-refractivity contribution is 5.83. The molecule has 0 aliphatic carbocycles. The highest BCUT2D eigenvalue weighted by atomic mass is 15.3. The third-order valence-electron chi connectivity index (χ3n) is 8.44. The van der Waals surface area contributed by atoms with Crippen molar-refractivity contribution in [1.29, 1.82) is 0 Å². The Morgan fingerprint density at radius 1 is 0.231 bits per heavy atom. The third-order valence-corrected chi connectivity index (χ3v) is 8.44. The molecule has 8 bridgehead atoms. The first kappa shape index (κ1) is 30.5. The van der Waals surface area contributed by atoms with E-state index in [1.54, 1.807) is 25.3 Å². The van der Waals surface area contributed by atoms with E-state index in [2.05, 4.69) is 0 Å². The van der Waals surface area contributed by atoms with Crippen LogP contribution in [-0.2, 0) is 0 Å². The molecular weight excluding hydrogens is 649 g/mol. The maximum Gasteiger partial charge on any atom is 0.144 e. The Kier molecular flexibility index (Phi) is 7.83. The summed E-state index contributed by atoms with van der Waals surface area (Å²) >= 11 is 0. The fourth-order valence-electron chi connectivity index (χ4n) is 6.16. The molecule has 9 rings (SSSR count). The van der Waals surface area contributed by atoms with Crippen LogP contribution < -0.4 is 19.6 Å². The number of rotatable bonds is 4. The third kappa shape index (κ3) is 5.75. The molecule has 5 heterocycles. The molecule has 0 atom stereocenters. The average Bonchev–Trinajstić information content (AvgIpc) is 3.21. The minimum atomic E-state index is 0.588. The van der Waals surface area contributed by atoms with Crippen molar-refractivity contribution >= 4 is 69.3 Å². The molecule has 12 heteroatoms. The van der Waals surface area contributed by atoms with Crippen molar-refractivity contribution in [3.05, 3.63) is 171 Å². The number of benzene rings is 4. The largest absolute Gasteiger partial charge is 0.279 e. The summed E-state index contributed by atoms with van der Waals surface area (Å²) in [6, 6.07) is 47.5. The summed E-state index contributed by atoms with van der Waals surface area (Å²) in [5.41, 5.74) is 3.40. The maximum atomic E-state index is 4.78. The van der Waals surface area contributed by atoms with Crippen molar-refractivity contribution in [1.82, 2.24) is 39.9 Å². The van der Waals surface area contributed by atoms with Gasteiger partial charge in [0.05, 0.1) is 0 Å². The Balaban J connectivity index is 1.36. The predicted octanol–water partition coefficient (Wildman–Crippen LogP) is 9.04. The van der Waals surface area contributed by atoms with Crippen LogP contribution >= 0.6 is 0 Å². The second-order valence-corrected chi connectivity index (χ2v) is 11.6. The van der Waals surface area contributed by atoms with Crippen molar-refractivity contribution in [2.75, 3.05) is 19.6 Å². The molecule has 1 aliphatic heterocycles. The van der Waals surface area contributed by atoms with Crippen LogP contribution in [0.3, 0.4) is 0 Å².